The van der Waals surface area contributed by atoms with Gasteiger partial charge in [-0.25, -0.2) is 0 Å². The number of hydrogen-bond donors (Lipinski definition) is 1. The lowest BCUT2D eigenvalue weighted by molar-refractivity contribution is -0.458. The van der Waals surface area contributed by atoms with Gasteiger partial charge in [-0.05, 0) is 8.49 Å². The Kier molecular flexibility index (Phi) is 6.65. The minimum absolute atomic E-state index is 2.11. The molecule has 1 radical (unpaired) electrons. The molecule has 30 heavy (non-hydrogen) atoms. The van der Waals surface area contributed by atoms with Crippen LogP contribution in [0.15, 0.2) is 0 Å². The minimum Gasteiger partial charge on any atom is -0.192 e. The van der Waals surface area contributed by atoms with Gasteiger partial charge in [-0.2, -0.15) is 71.8 Å². The lowest BCUT2D eigenvalue weighted by atomic mass is 9.91. The molecule has 0 aliphatic rings. The number of hydrogen-bond acceptors (Lipinski definition) is 3. The smallest absolute Gasteiger partial charge is 0.192 e. The molecule has 0 aromatic carbocycles. The Hall–Kier alpha value is -1.16. The molecule has 0 rings (SSSR count). The van der Waals surface area contributed by atoms with Gasteiger partial charge in [-0.3, -0.25) is 0 Å². The van der Waals surface area contributed by atoms with Gasteiger partial charge in [0, 0.05) is 0 Å². The fourth-order valence-corrected chi connectivity index (χ4v) is 1.93. The first-order valence-corrected chi connectivity index (χ1v) is 7.31. The van der Waals surface area contributed by atoms with Crippen LogP contribution in [0.5, 0.6) is 0 Å². The predicted molar refractivity (Wildman–Crippen MR) is 54.7 cm³/mol. The van der Waals surface area contributed by atoms with E-state index in [0.29, 0.717) is 0 Å². The second kappa shape index (κ2) is 6.92. The lowest BCUT2D eigenvalue weighted by Gasteiger charge is -2.41. The normalized spacial score (nSPS) is 18.4. The first kappa shape index (κ1) is 28.8. The zero-order valence-corrected chi connectivity index (χ0v) is 13.5. The first-order valence-electron chi connectivity index (χ1n) is 5.90. The third-order valence-electron chi connectivity index (χ3n) is 3.13. The fourth-order valence-electron chi connectivity index (χ4n) is 1.37. The van der Waals surface area contributed by atoms with Gasteiger partial charge in [0.1, 0.15) is 0 Å². The lowest BCUT2D eigenvalue weighted by Crippen LogP contribution is -2.75. The van der Waals surface area contributed by atoms with Crippen molar-refractivity contribution in [2.24, 2.45) is 5.90 Å². The largest absolute Gasteiger partial charge is 0.550 e. The summed E-state index contributed by atoms with van der Waals surface area (Å²) in [4.78, 5) is 0. The zero-order valence-electron chi connectivity index (χ0n) is 12.6. The highest BCUT2D eigenvalue weighted by molar-refractivity contribution is 7.94. The van der Waals surface area contributed by atoms with E-state index in [1.807, 2.05) is 0 Å². The molecule has 0 aromatic heterocycles. The molecular weight excluding hydrogens is 513 g/mol. The van der Waals surface area contributed by atoms with E-state index in [4.69, 9.17) is 0 Å². The van der Waals surface area contributed by atoms with Gasteiger partial charge < -0.3 is 0 Å². The van der Waals surface area contributed by atoms with Crippen LogP contribution in [0.3, 0.4) is 0 Å². The fraction of sp³-hybridized carbons (Fsp3) is 1.00. The average Bonchev–Trinajstić information content (AvgIpc) is 2.52. The molecule has 1 unspecified atom stereocenters. The Morgan fingerprint density at radius 3 is 0.967 bits per heavy atom. The van der Waals surface area contributed by atoms with E-state index in [1.54, 1.807) is 0 Å². The van der Waals surface area contributed by atoms with Gasteiger partial charge in [-0.1, -0.05) is 0 Å². The molecule has 0 saturated heterocycles. The topological polar surface area (TPSA) is 72.2 Å². The Morgan fingerprint density at radius 1 is 0.500 bits per heavy atom. The maximum Gasteiger partial charge on any atom is 0.550 e. The molecule has 0 spiro atoms. The SMILES string of the molecule is NO[S+]([O])(=O)C(F)(F)C(F)(F)C(F)(F)C(F)(F)C(F)(F)C(F)(F)C(F)(F)C(F)(F)F. The van der Waals surface area contributed by atoms with Crippen molar-refractivity contribution in [1.82, 2.24) is 0 Å². The van der Waals surface area contributed by atoms with Crippen LogP contribution in [0, 0.1) is 0 Å². The quantitative estimate of drug-likeness (QED) is 0.292. The van der Waals surface area contributed by atoms with Gasteiger partial charge in [0.2, 0.25) is 0 Å². The molecule has 0 bridgehead atoms. The third kappa shape index (κ3) is 3.29. The highest BCUT2D eigenvalue weighted by atomic mass is 32.3. The van der Waals surface area contributed by atoms with Crippen LogP contribution < -0.4 is 5.90 Å². The van der Waals surface area contributed by atoms with Crippen molar-refractivity contribution in [2.45, 2.75) is 47.0 Å². The number of alkyl halides is 17. The van der Waals surface area contributed by atoms with Crippen molar-refractivity contribution < 1.29 is 87.7 Å². The Labute approximate surface area is 152 Å². The Morgan fingerprint density at radius 2 is 0.733 bits per heavy atom. The Bertz CT molecular complexity index is 700. The van der Waals surface area contributed by atoms with E-state index in [2.05, 4.69) is 10.2 Å². The van der Waals surface area contributed by atoms with Gasteiger partial charge in [-0.15, -0.1) is 8.78 Å². The molecule has 2 N–H and O–H groups in total. The van der Waals surface area contributed by atoms with Gasteiger partial charge >= 0.3 is 57.5 Å². The van der Waals surface area contributed by atoms with E-state index in [-0.39, 0.29) is 0 Å². The van der Waals surface area contributed by atoms with Gasteiger partial charge in [0.05, 0.1) is 4.55 Å². The first-order chi connectivity index (χ1) is 12.6. The van der Waals surface area contributed by atoms with E-state index < -0.39 is 57.5 Å². The van der Waals surface area contributed by atoms with Crippen LogP contribution in [0.25, 0.3) is 0 Å². The summed E-state index contributed by atoms with van der Waals surface area (Å²) in [6, 6.07) is 0. The highest BCUT2D eigenvalue weighted by Gasteiger charge is 2.98. The molecule has 0 aliphatic carbocycles. The summed E-state index contributed by atoms with van der Waals surface area (Å²) in [6.45, 7) is 0. The van der Waals surface area contributed by atoms with Crippen LogP contribution >= 0.6 is 0 Å². The number of halogens is 17. The standard InChI is InChI=1S/C8H2F17NO3S/c9-1(10,3(13,14)5(17,18)7(21,22)23)2(11,12)4(15,16)6(19,20)8(24,25)30(27,28)29-26/h26H2/q+1. The summed E-state index contributed by atoms with van der Waals surface area (Å²) in [5, 5.41) is -7.74. The molecule has 0 heterocycles. The van der Waals surface area contributed by atoms with E-state index in [0.717, 1.165) is 0 Å². The van der Waals surface area contributed by atoms with Gasteiger partial charge in [0.25, 0.3) is 0 Å². The van der Waals surface area contributed by atoms with Crippen LogP contribution in [-0.4, -0.2) is 47.0 Å². The molecular formula is C8H2F17NO3S+. The predicted octanol–water partition coefficient (Wildman–Crippen LogP) is 4.60. The van der Waals surface area contributed by atoms with Crippen molar-refractivity contribution in [3.63, 3.8) is 0 Å². The maximum absolute atomic E-state index is 13.2. The number of nitrogens with two attached hydrogens (primary N) is 1. The zero-order chi connectivity index (χ0) is 25.2. The molecule has 22 heteroatoms. The van der Waals surface area contributed by atoms with Crippen LogP contribution in [0.2, 0.25) is 0 Å². The molecule has 181 valence electrons. The summed E-state index contributed by atoms with van der Waals surface area (Å²) < 4.78 is 240. The second-order valence-corrected chi connectivity index (χ2v) is 6.62. The molecule has 4 nitrogen and oxygen atoms in total. The molecule has 0 aromatic rings. The van der Waals surface area contributed by atoms with Crippen LogP contribution in [-0.2, 0) is 23.5 Å². The number of rotatable bonds is 8. The second-order valence-electron chi connectivity index (χ2n) is 5.01. The summed E-state index contributed by atoms with van der Waals surface area (Å²) in [7, 11) is -7.61. The summed E-state index contributed by atoms with van der Waals surface area (Å²) >= 11 is 0. The van der Waals surface area contributed by atoms with Crippen molar-refractivity contribution in [1.29, 1.82) is 0 Å². The third-order valence-corrected chi connectivity index (χ3v) is 4.27. The maximum atomic E-state index is 13.2. The summed E-state index contributed by atoms with van der Waals surface area (Å²) in [5.41, 5.74) is 0. The van der Waals surface area contributed by atoms with E-state index >= 15 is 0 Å². The van der Waals surface area contributed by atoms with Gasteiger partial charge in [0.15, 0.2) is 0 Å². The van der Waals surface area contributed by atoms with E-state index in [9.17, 15) is 83.4 Å². The highest BCUT2D eigenvalue weighted by Crippen LogP contribution is 2.64. The molecule has 1 atom stereocenters. The average molecular weight is 515 g/mol. The monoisotopic (exact) mass is 515 g/mol. The van der Waals surface area contributed by atoms with E-state index in [1.165, 1.54) is 0 Å². The van der Waals surface area contributed by atoms with Crippen molar-refractivity contribution in [2.75, 3.05) is 0 Å². The van der Waals surface area contributed by atoms with Crippen LogP contribution in [0.4, 0.5) is 74.6 Å². The Balaban J connectivity index is 6.89. The molecule has 0 fully saturated rings. The van der Waals surface area contributed by atoms with Crippen molar-refractivity contribution in [3.8, 4) is 0 Å². The molecule has 0 amide bonds. The molecule has 0 saturated carbocycles. The van der Waals surface area contributed by atoms with Crippen LogP contribution in [0.1, 0.15) is 0 Å². The minimum atomic E-state index is -8.88. The summed E-state index contributed by atoms with van der Waals surface area (Å²) in [5.74, 6) is -48.4. The van der Waals surface area contributed by atoms with Crippen molar-refractivity contribution in [3.05, 3.63) is 0 Å². The summed E-state index contributed by atoms with van der Waals surface area (Å²) in [6.07, 6.45) is -7.88. The van der Waals surface area contributed by atoms with Crippen molar-refractivity contribution >= 4 is 10.5 Å². The molecule has 0 aliphatic heterocycles.